The van der Waals surface area contributed by atoms with E-state index >= 15 is 0 Å². The lowest BCUT2D eigenvalue weighted by Gasteiger charge is -2.48. The summed E-state index contributed by atoms with van der Waals surface area (Å²) in [6, 6.07) is 55.3. The van der Waals surface area contributed by atoms with Crippen molar-refractivity contribution in [3.05, 3.63) is 174 Å². The van der Waals surface area contributed by atoms with Gasteiger partial charge in [0.15, 0.2) is 0 Å². The lowest BCUT2D eigenvalue weighted by molar-refractivity contribution is 0.434. The van der Waals surface area contributed by atoms with Crippen molar-refractivity contribution in [1.29, 1.82) is 0 Å². The van der Waals surface area contributed by atoms with Gasteiger partial charge in [-0.2, -0.15) is 0 Å². The van der Waals surface area contributed by atoms with Crippen LogP contribution >= 0.6 is 0 Å². The first-order valence-corrected chi connectivity index (χ1v) is 14.9. The summed E-state index contributed by atoms with van der Waals surface area (Å²) in [5, 5.41) is 7.75. The van der Waals surface area contributed by atoms with Crippen LogP contribution in [0.25, 0.3) is 32.3 Å². The van der Waals surface area contributed by atoms with Gasteiger partial charge in [0, 0.05) is 16.5 Å². The normalized spacial score (nSPS) is 14.4. The van der Waals surface area contributed by atoms with Crippen LogP contribution in [0, 0.1) is 0 Å². The summed E-state index contributed by atoms with van der Waals surface area (Å²) in [5.74, 6) is 1.81. The van der Waals surface area contributed by atoms with Gasteiger partial charge in [0.2, 0.25) is 0 Å². The van der Waals surface area contributed by atoms with Crippen molar-refractivity contribution in [2.75, 3.05) is 4.90 Å². The van der Waals surface area contributed by atoms with E-state index in [0.717, 1.165) is 11.5 Å². The fourth-order valence-electron chi connectivity index (χ4n) is 8.00. The molecule has 2 aliphatic rings. The number of benzene rings is 8. The molecule has 0 saturated heterocycles. The van der Waals surface area contributed by atoms with Crippen LogP contribution in [0.5, 0.6) is 11.5 Å². The minimum Gasteiger partial charge on any atom is -0.457 e. The molecule has 10 rings (SSSR count). The molecule has 2 nitrogen and oxygen atoms in total. The Kier molecular flexibility index (Phi) is 4.41. The van der Waals surface area contributed by atoms with Gasteiger partial charge >= 0.3 is 0 Å². The molecular formula is C41H25NO. The van der Waals surface area contributed by atoms with Gasteiger partial charge in [0.05, 0.1) is 22.5 Å². The third-order valence-corrected chi connectivity index (χ3v) is 9.65. The molecule has 0 atom stereocenters. The van der Waals surface area contributed by atoms with Crippen LogP contribution in [-0.2, 0) is 5.41 Å². The highest BCUT2D eigenvalue weighted by atomic mass is 16.5. The zero-order chi connectivity index (χ0) is 28.1. The average molecular weight is 548 g/mol. The van der Waals surface area contributed by atoms with E-state index in [2.05, 4.69) is 157 Å². The molecule has 1 spiro atoms. The summed E-state index contributed by atoms with van der Waals surface area (Å²) in [6.45, 7) is 0. The Morgan fingerprint density at radius 1 is 0.372 bits per heavy atom. The van der Waals surface area contributed by atoms with Crippen molar-refractivity contribution in [3.63, 3.8) is 0 Å². The largest absolute Gasteiger partial charge is 0.457 e. The highest BCUT2D eigenvalue weighted by molar-refractivity contribution is 6.26. The maximum Gasteiger partial charge on any atom is 0.132 e. The highest BCUT2D eigenvalue weighted by Crippen LogP contribution is 2.63. The first-order chi connectivity index (χ1) is 21.3. The molecule has 0 unspecified atom stereocenters. The molecule has 0 amide bonds. The molecule has 0 radical (unpaired) electrons. The summed E-state index contributed by atoms with van der Waals surface area (Å²) in [6.07, 6.45) is 0. The Morgan fingerprint density at radius 3 is 1.49 bits per heavy atom. The van der Waals surface area contributed by atoms with Crippen LogP contribution in [0.15, 0.2) is 152 Å². The summed E-state index contributed by atoms with van der Waals surface area (Å²) in [7, 11) is 0. The number of hydrogen-bond acceptors (Lipinski definition) is 2. The number of para-hydroxylation sites is 4. The van der Waals surface area contributed by atoms with Crippen LogP contribution in [-0.4, -0.2) is 0 Å². The standard InChI is InChI=1S/C41H25NO/c1-5-16-35-30(12-1)41(32-14-3-7-18-37(32)43-38-19-8-4-15-33(38)41)31-13-2-6-17-36(31)42(35)34-25-23-28-21-20-26-10-9-11-27-22-24-29(34)40(28)39(26)27/h1-25H. The van der Waals surface area contributed by atoms with Crippen LogP contribution in [0.2, 0.25) is 0 Å². The summed E-state index contributed by atoms with van der Waals surface area (Å²) in [5.41, 5.74) is 7.87. The molecule has 0 aliphatic carbocycles. The first-order valence-electron chi connectivity index (χ1n) is 14.9. The smallest absolute Gasteiger partial charge is 0.132 e. The van der Waals surface area contributed by atoms with Crippen LogP contribution in [0.4, 0.5) is 17.1 Å². The Bertz CT molecular complexity index is 2290. The first kappa shape index (κ1) is 23.0. The third kappa shape index (κ3) is 2.83. The molecule has 2 heteroatoms. The number of fused-ring (bicyclic) bond motifs is 8. The number of anilines is 3. The SMILES string of the molecule is c1ccc2c(c1)Oc1ccccc1C21c2ccccc2N(c2ccc3ccc4cccc5ccc2c3c45)c2ccccc21. The zero-order valence-electron chi connectivity index (χ0n) is 23.3. The fraction of sp³-hybridized carbons (Fsp3) is 0.0244. The summed E-state index contributed by atoms with van der Waals surface area (Å²) in [4.78, 5) is 2.49. The Labute approximate surface area is 249 Å². The number of rotatable bonds is 1. The van der Waals surface area contributed by atoms with E-state index in [9.17, 15) is 0 Å². The van der Waals surface area contributed by atoms with Crippen molar-refractivity contribution >= 4 is 49.4 Å². The van der Waals surface area contributed by atoms with Crippen LogP contribution in [0.3, 0.4) is 0 Å². The van der Waals surface area contributed by atoms with E-state index in [4.69, 9.17) is 4.74 Å². The summed E-state index contributed by atoms with van der Waals surface area (Å²) < 4.78 is 6.56. The molecule has 0 fully saturated rings. The number of hydrogen-bond donors (Lipinski definition) is 0. The van der Waals surface area contributed by atoms with Gasteiger partial charge in [0.25, 0.3) is 0 Å². The van der Waals surface area contributed by atoms with Crippen LogP contribution in [0.1, 0.15) is 22.3 Å². The average Bonchev–Trinajstić information content (AvgIpc) is 3.07. The highest BCUT2D eigenvalue weighted by Gasteiger charge is 2.51. The molecule has 43 heavy (non-hydrogen) atoms. The molecule has 2 heterocycles. The predicted molar refractivity (Wildman–Crippen MR) is 177 cm³/mol. The Balaban J connectivity index is 1.35. The second-order valence-corrected chi connectivity index (χ2v) is 11.7. The van der Waals surface area contributed by atoms with E-state index in [0.29, 0.717) is 0 Å². The van der Waals surface area contributed by atoms with Crippen molar-refractivity contribution in [2.45, 2.75) is 5.41 Å². The van der Waals surface area contributed by atoms with Gasteiger partial charge < -0.3 is 9.64 Å². The number of ether oxygens (including phenoxy) is 1. The van der Waals surface area contributed by atoms with Gasteiger partial charge in [-0.1, -0.05) is 121 Å². The Morgan fingerprint density at radius 2 is 0.860 bits per heavy atom. The molecule has 0 bridgehead atoms. The number of nitrogens with zero attached hydrogens (tertiary/aromatic N) is 1. The van der Waals surface area contributed by atoms with Crippen LogP contribution < -0.4 is 9.64 Å². The van der Waals surface area contributed by atoms with E-state index in [1.165, 1.54) is 71.6 Å². The van der Waals surface area contributed by atoms with Crippen molar-refractivity contribution in [1.82, 2.24) is 0 Å². The fourth-order valence-corrected chi connectivity index (χ4v) is 8.00. The zero-order valence-corrected chi connectivity index (χ0v) is 23.3. The molecular weight excluding hydrogens is 522 g/mol. The molecule has 0 N–H and O–H groups in total. The molecule has 8 aromatic carbocycles. The molecule has 0 aromatic heterocycles. The monoisotopic (exact) mass is 547 g/mol. The van der Waals surface area contributed by atoms with Gasteiger partial charge in [0.1, 0.15) is 11.5 Å². The summed E-state index contributed by atoms with van der Waals surface area (Å²) >= 11 is 0. The lowest BCUT2D eigenvalue weighted by atomic mass is 9.61. The van der Waals surface area contributed by atoms with E-state index in [1.807, 2.05) is 0 Å². The van der Waals surface area contributed by atoms with Crippen molar-refractivity contribution in [2.24, 2.45) is 0 Å². The van der Waals surface area contributed by atoms with E-state index in [-0.39, 0.29) is 0 Å². The molecule has 0 saturated carbocycles. The third-order valence-electron chi connectivity index (χ3n) is 9.65. The lowest BCUT2D eigenvalue weighted by Crippen LogP contribution is -2.39. The molecule has 200 valence electrons. The van der Waals surface area contributed by atoms with Gasteiger partial charge in [-0.25, -0.2) is 0 Å². The van der Waals surface area contributed by atoms with Crippen molar-refractivity contribution in [3.8, 4) is 11.5 Å². The predicted octanol–water partition coefficient (Wildman–Crippen LogP) is 10.9. The van der Waals surface area contributed by atoms with E-state index in [1.54, 1.807) is 0 Å². The molecule has 8 aromatic rings. The minimum atomic E-state index is -0.529. The second-order valence-electron chi connectivity index (χ2n) is 11.7. The van der Waals surface area contributed by atoms with E-state index < -0.39 is 5.41 Å². The molecule has 2 aliphatic heterocycles. The topological polar surface area (TPSA) is 12.5 Å². The second kappa shape index (κ2) is 8.24. The minimum absolute atomic E-state index is 0.529. The quantitative estimate of drug-likeness (QED) is 0.190. The van der Waals surface area contributed by atoms with Crippen molar-refractivity contribution < 1.29 is 4.74 Å². The van der Waals surface area contributed by atoms with Gasteiger partial charge in [-0.15, -0.1) is 0 Å². The maximum atomic E-state index is 6.56. The van der Waals surface area contributed by atoms with Gasteiger partial charge in [-0.05, 0) is 68.4 Å². The Hall–Kier alpha value is -5.60. The van der Waals surface area contributed by atoms with Gasteiger partial charge in [-0.3, -0.25) is 0 Å². The maximum absolute atomic E-state index is 6.56.